The molecule has 2 aromatic carbocycles. The van der Waals surface area contributed by atoms with Crippen molar-refractivity contribution >= 4 is 68.0 Å². The number of para-hydroxylation sites is 2. The van der Waals surface area contributed by atoms with E-state index in [-0.39, 0.29) is 23.1 Å². The van der Waals surface area contributed by atoms with Crippen LogP contribution in [0.2, 0.25) is 0 Å². The molecule has 0 aliphatic heterocycles. The van der Waals surface area contributed by atoms with Gasteiger partial charge in [0.25, 0.3) is 0 Å². The SMILES string of the molecule is CCOC1=C(Cl)C(=O)C(=Nc2c3ccccc3nc3ccccc23)C(Cl)C1=O. The maximum absolute atomic E-state index is 12.8. The number of pyridine rings is 1. The maximum Gasteiger partial charge on any atom is 0.224 e. The van der Waals surface area contributed by atoms with Gasteiger partial charge in [-0.1, -0.05) is 48.0 Å². The molecule has 1 aliphatic rings. The van der Waals surface area contributed by atoms with Gasteiger partial charge in [-0.15, -0.1) is 11.6 Å². The molecule has 4 rings (SSSR count). The zero-order valence-corrected chi connectivity index (χ0v) is 16.3. The van der Waals surface area contributed by atoms with Crippen LogP contribution in [0, 0.1) is 0 Å². The number of carbonyl (C=O) groups excluding carboxylic acids is 2. The number of Topliss-reactive ketones (excluding diaryl/α,β-unsaturated/α-hetero) is 2. The molecule has 0 fully saturated rings. The summed E-state index contributed by atoms with van der Waals surface area (Å²) in [6.45, 7) is 1.89. The fourth-order valence-corrected chi connectivity index (χ4v) is 3.61. The Morgan fingerprint density at radius 1 is 1.04 bits per heavy atom. The van der Waals surface area contributed by atoms with Crippen molar-refractivity contribution in [3.8, 4) is 0 Å². The number of rotatable bonds is 3. The summed E-state index contributed by atoms with van der Waals surface area (Å²) in [4.78, 5) is 34.5. The number of benzene rings is 2. The van der Waals surface area contributed by atoms with Gasteiger partial charge in [0.05, 0.1) is 23.3 Å². The van der Waals surface area contributed by atoms with Crippen LogP contribution in [-0.2, 0) is 14.3 Å². The third-order valence-corrected chi connectivity index (χ3v) is 5.15. The Morgan fingerprint density at radius 2 is 1.61 bits per heavy atom. The van der Waals surface area contributed by atoms with E-state index in [1.165, 1.54) is 0 Å². The number of aliphatic imine (C=N–C) groups is 1. The molecule has 0 saturated carbocycles. The Morgan fingerprint density at radius 3 is 2.18 bits per heavy atom. The van der Waals surface area contributed by atoms with Gasteiger partial charge in [-0.2, -0.15) is 0 Å². The number of halogens is 2. The lowest BCUT2D eigenvalue weighted by molar-refractivity contribution is -0.119. The van der Waals surface area contributed by atoms with Crippen molar-refractivity contribution in [2.45, 2.75) is 12.3 Å². The lowest BCUT2D eigenvalue weighted by Crippen LogP contribution is -2.38. The quantitative estimate of drug-likeness (QED) is 0.461. The van der Waals surface area contributed by atoms with Gasteiger partial charge in [-0.3, -0.25) is 9.59 Å². The normalized spacial score (nSPS) is 19.1. The number of aromatic nitrogens is 1. The molecule has 0 spiro atoms. The zero-order valence-electron chi connectivity index (χ0n) is 14.8. The van der Waals surface area contributed by atoms with Gasteiger partial charge in [0.1, 0.15) is 16.1 Å². The first-order valence-electron chi connectivity index (χ1n) is 8.64. The molecular formula is C21H14Cl2N2O3. The predicted molar refractivity (Wildman–Crippen MR) is 111 cm³/mol. The molecule has 1 aliphatic carbocycles. The van der Waals surface area contributed by atoms with Crippen LogP contribution in [0.15, 0.2) is 64.3 Å². The molecule has 1 unspecified atom stereocenters. The number of ether oxygens (including phenoxy) is 1. The Labute approximate surface area is 170 Å². The van der Waals surface area contributed by atoms with E-state index >= 15 is 0 Å². The Kier molecular flexibility index (Phi) is 4.87. The van der Waals surface area contributed by atoms with E-state index in [2.05, 4.69) is 9.98 Å². The third-order valence-electron chi connectivity index (χ3n) is 4.41. The van der Waals surface area contributed by atoms with E-state index in [9.17, 15) is 9.59 Å². The van der Waals surface area contributed by atoms with Crippen molar-refractivity contribution in [3.05, 3.63) is 59.3 Å². The number of alkyl halides is 1. The first-order valence-corrected chi connectivity index (χ1v) is 9.46. The summed E-state index contributed by atoms with van der Waals surface area (Å²) in [5, 5.41) is -0.0885. The van der Waals surface area contributed by atoms with Crippen molar-refractivity contribution in [1.29, 1.82) is 0 Å². The molecule has 0 N–H and O–H groups in total. The number of carbonyl (C=O) groups is 2. The molecule has 0 radical (unpaired) electrons. The van der Waals surface area contributed by atoms with Gasteiger partial charge in [-0.05, 0) is 19.1 Å². The highest BCUT2D eigenvalue weighted by Gasteiger charge is 2.40. The number of nitrogens with zero attached hydrogens (tertiary/aromatic N) is 2. The van der Waals surface area contributed by atoms with E-state index in [0.29, 0.717) is 5.69 Å². The number of hydrogen-bond acceptors (Lipinski definition) is 5. The predicted octanol–water partition coefficient (Wildman–Crippen LogP) is 4.71. The summed E-state index contributed by atoms with van der Waals surface area (Å²) in [6.07, 6.45) is 0. The van der Waals surface area contributed by atoms with Crippen LogP contribution >= 0.6 is 23.2 Å². The van der Waals surface area contributed by atoms with Crippen LogP contribution in [-0.4, -0.2) is 34.2 Å². The lowest BCUT2D eigenvalue weighted by Gasteiger charge is -2.20. The minimum Gasteiger partial charge on any atom is -0.488 e. The largest absolute Gasteiger partial charge is 0.488 e. The van der Waals surface area contributed by atoms with Crippen molar-refractivity contribution in [2.24, 2.45) is 4.99 Å². The van der Waals surface area contributed by atoms with Gasteiger partial charge in [0.2, 0.25) is 11.6 Å². The standard InChI is InChI=1S/C21H14Cl2N2O3/c1-2-28-21-16(23)19(26)18(15(22)20(21)27)25-17-11-7-3-5-9-13(11)24-14-10-6-4-8-12(14)17/h3-10,15H,2H2,1H3. The van der Waals surface area contributed by atoms with Gasteiger partial charge in [0, 0.05) is 10.8 Å². The summed E-state index contributed by atoms with van der Waals surface area (Å²) in [6, 6.07) is 14.9. The summed E-state index contributed by atoms with van der Waals surface area (Å²) in [5.74, 6) is -1.40. The Balaban J connectivity index is 1.99. The smallest absolute Gasteiger partial charge is 0.224 e. The monoisotopic (exact) mass is 412 g/mol. The van der Waals surface area contributed by atoms with E-state index in [1.807, 2.05) is 48.5 Å². The molecule has 1 atom stereocenters. The van der Waals surface area contributed by atoms with Crippen molar-refractivity contribution in [3.63, 3.8) is 0 Å². The van der Waals surface area contributed by atoms with Crippen LogP contribution in [0.3, 0.4) is 0 Å². The van der Waals surface area contributed by atoms with Gasteiger partial charge in [-0.25, -0.2) is 9.98 Å². The highest BCUT2D eigenvalue weighted by atomic mass is 35.5. The van der Waals surface area contributed by atoms with Crippen molar-refractivity contribution in [1.82, 2.24) is 4.98 Å². The van der Waals surface area contributed by atoms with Gasteiger partial charge in [0.15, 0.2) is 5.76 Å². The molecule has 1 aromatic heterocycles. The van der Waals surface area contributed by atoms with Crippen LogP contribution in [0.1, 0.15) is 6.92 Å². The van der Waals surface area contributed by atoms with Crippen molar-refractivity contribution in [2.75, 3.05) is 6.61 Å². The van der Waals surface area contributed by atoms with E-state index in [0.717, 1.165) is 21.8 Å². The maximum atomic E-state index is 12.8. The summed E-state index contributed by atoms with van der Waals surface area (Å²) >= 11 is 12.4. The van der Waals surface area contributed by atoms with E-state index in [1.54, 1.807) is 6.92 Å². The number of ketones is 2. The summed E-state index contributed by atoms with van der Waals surface area (Å²) < 4.78 is 5.22. The van der Waals surface area contributed by atoms with E-state index in [4.69, 9.17) is 27.9 Å². The van der Waals surface area contributed by atoms with Gasteiger partial charge < -0.3 is 4.74 Å². The Hall–Kier alpha value is -2.76. The zero-order chi connectivity index (χ0) is 19.8. The van der Waals surface area contributed by atoms with E-state index < -0.39 is 16.9 Å². The average molecular weight is 413 g/mol. The van der Waals surface area contributed by atoms with Crippen LogP contribution in [0.25, 0.3) is 21.8 Å². The fraction of sp³-hybridized carbons (Fsp3) is 0.143. The molecular weight excluding hydrogens is 399 g/mol. The minimum absolute atomic E-state index is 0.123. The Bertz CT molecular complexity index is 1150. The molecule has 5 nitrogen and oxygen atoms in total. The lowest BCUT2D eigenvalue weighted by atomic mass is 9.99. The topological polar surface area (TPSA) is 68.6 Å². The number of fused-ring (bicyclic) bond motifs is 2. The molecule has 28 heavy (non-hydrogen) atoms. The third kappa shape index (κ3) is 2.97. The number of hydrogen-bond donors (Lipinski definition) is 0. The molecule has 1 heterocycles. The van der Waals surface area contributed by atoms with Gasteiger partial charge >= 0.3 is 0 Å². The molecule has 140 valence electrons. The summed E-state index contributed by atoms with van der Waals surface area (Å²) in [5.41, 5.74) is 1.84. The molecule has 3 aromatic rings. The van der Waals surface area contributed by atoms with Crippen LogP contribution in [0.5, 0.6) is 0 Å². The highest BCUT2D eigenvalue weighted by Crippen LogP contribution is 2.35. The molecule has 0 bridgehead atoms. The average Bonchev–Trinajstić information content (AvgIpc) is 2.72. The second-order valence-electron chi connectivity index (χ2n) is 6.12. The summed E-state index contributed by atoms with van der Waals surface area (Å²) in [7, 11) is 0. The second kappa shape index (κ2) is 7.34. The second-order valence-corrected chi connectivity index (χ2v) is 6.94. The van der Waals surface area contributed by atoms with Crippen molar-refractivity contribution < 1.29 is 14.3 Å². The number of allylic oxidation sites excluding steroid dienone is 2. The fourth-order valence-electron chi connectivity index (χ4n) is 3.12. The minimum atomic E-state index is -1.28. The van der Waals surface area contributed by atoms with Crippen LogP contribution < -0.4 is 0 Å². The molecule has 7 heteroatoms. The first kappa shape index (κ1) is 18.6. The first-order chi connectivity index (χ1) is 13.5. The molecule has 0 amide bonds. The highest BCUT2D eigenvalue weighted by molar-refractivity contribution is 6.70. The molecule has 0 saturated heterocycles. The van der Waals surface area contributed by atoms with Crippen LogP contribution in [0.4, 0.5) is 5.69 Å².